The SMILES string of the molecule is CCCCCCCCCCCCCCCCCCCCCCCCN(C)CCCCCCCCCCCCCCCCCCCCCCCC.CN. The van der Waals surface area contributed by atoms with Gasteiger partial charge in [0.15, 0.2) is 0 Å². The second-order valence-electron chi connectivity index (χ2n) is 17.2. The lowest BCUT2D eigenvalue weighted by Gasteiger charge is -2.16. The van der Waals surface area contributed by atoms with Gasteiger partial charge in [0.25, 0.3) is 0 Å². The van der Waals surface area contributed by atoms with E-state index in [1.165, 1.54) is 303 Å². The summed E-state index contributed by atoms with van der Waals surface area (Å²) in [6, 6.07) is 0. The highest BCUT2D eigenvalue weighted by molar-refractivity contribution is 4.56. The van der Waals surface area contributed by atoms with Crippen molar-refractivity contribution in [1.29, 1.82) is 0 Å². The molecule has 0 unspecified atom stereocenters. The molecule has 2 N–H and O–H groups in total. The first kappa shape index (κ1) is 54.0. The van der Waals surface area contributed by atoms with Crippen LogP contribution in [0.4, 0.5) is 0 Å². The Balaban J connectivity index is 0. The van der Waals surface area contributed by atoms with Crippen LogP contribution in [0.25, 0.3) is 0 Å². The molecule has 0 amide bonds. The quantitative estimate of drug-likeness (QED) is 0.0631. The normalized spacial score (nSPS) is 11.4. The average molecular weight is 735 g/mol. The number of nitrogens with zero attached hydrogens (tertiary/aromatic N) is 1. The predicted octanol–water partition coefficient (Wildman–Crippen LogP) is 17.7. The minimum absolute atomic E-state index is 1.32. The van der Waals surface area contributed by atoms with E-state index in [2.05, 4.69) is 31.5 Å². The van der Waals surface area contributed by atoms with E-state index >= 15 is 0 Å². The van der Waals surface area contributed by atoms with Gasteiger partial charge in [0, 0.05) is 0 Å². The summed E-state index contributed by atoms with van der Waals surface area (Å²) in [7, 11) is 3.86. The molecule has 0 fully saturated rings. The molecule has 0 radical (unpaired) electrons. The zero-order valence-corrected chi connectivity index (χ0v) is 37.6. The zero-order chi connectivity index (χ0) is 38.1. The van der Waals surface area contributed by atoms with Crippen molar-refractivity contribution in [2.45, 2.75) is 296 Å². The first-order valence-electron chi connectivity index (χ1n) is 25.1. The number of rotatable bonds is 46. The highest BCUT2D eigenvalue weighted by Crippen LogP contribution is 2.17. The molecule has 316 valence electrons. The van der Waals surface area contributed by atoms with E-state index in [1.54, 1.807) is 0 Å². The van der Waals surface area contributed by atoms with Crippen molar-refractivity contribution in [2.24, 2.45) is 5.73 Å². The maximum atomic E-state index is 4.50. The molecule has 2 heteroatoms. The van der Waals surface area contributed by atoms with Crippen LogP contribution in [-0.4, -0.2) is 32.1 Å². The topological polar surface area (TPSA) is 29.3 Å². The minimum atomic E-state index is 1.32. The van der Waals surface area contributed by atoms with E-state index in [4.69, 9.17) is 0 Å². The van der Waals surface area contributed by atoms with Gasteiger partial charge in [-0.3, -0.25) is 0 Å². The summed E-state index contributed by atoms with van der Waals surface area (Å²) in [4.78, 5) is 2.60. The highest BCUT2D eigenvalue weighted by atomic mass is 15.1. The summed E-state index contributed by atoms with van der Waals surface area (Å²) < 4.78 is 0. The summed E-state index contributed by atoms with van der Waals surface area (Å²) in [6.07, 6.45) is 64.8. The van der Waals surface area contributed by atoms with Gasteiger partial charge in [0.1, 0.15) is 0 Å². The van der Waals surface area contributed by atoms with Crippen LogP contribution < -0.4 is 5.73 Å². The van der Waals surface area contributed by atoms with Crippen molar-refractivity contribution in [3.05, 3.63) is 0 Å². The molecule has 0 bridgehead atoms. The number of unbranched alkanes of at least 4 members (excludes halogenated alkanes) is 42. The van der Waals surface area contributed by atoms with Crippen molar-refractivity contribution < 1.29 is 0 Å². The van der Waals surface area contributed by atoms with Crippen molar-refractivity contribution >= 4 is 0 Å². The minimum Gasteiger partial charge on any atom is -0.333 e. The lowest BCUT2D eigenvalue weighted by molar-refractivity contribution is 0.314. The largest absolute Gasteiger partial charge is 0.333 e. The molecule has 0 aliphatic rings. The van der Waals surface area contributed by atoms with Crippen LogP contribution >= 0.6 is 0 Å². The van der Waals surface area contributed by atoms with Gasteiger partial charge < -0.3 is 10.6 Å². The Hall–Kier alpha value is -0.0800. The van der Waals surface area contributed by atoms with Crippen LogP contribution in [0.1, 0.15) is 296 Å². The second-order valence-corrected chi connectivity index (χ2v) is 17.2. The Labute approximate surface area is 333 Å². The molecule has 52 heavy (non-hydrogen) atoms. The van der Waals surface area contributed by atoms with Crippen molar-refractivity contribution in [3.8, 4) is 0 Å². The maximum absolute atomic E-state index is 4.50. The fourth-order valence-corrected chi connectivity index (χ4v) is 8.09. The highest BCUT2D eigenvalue weighted by Gasteiger charge is 2.01. The molecule has 0 aromatic rings. The summed E-state index contributed by atoms with van der Waals surface area (Å²) in [5.41, 5.74) is 4.50. The first-order valence-corrected chi connectivity index (χ1v) is 25.1. The first-order chi connectivity index (χ1) is 25.8. The Morgan fingerprint density at radius 2 is 0.327 bits per heavy atom. The van der Waals surface area contributed by atoms with E-state index in [-0.39, 0.29) is 0 Å². The number of hydrogen-bond donors (Lipinski definition) is 1. The molecule has 0 aromatic heterocycles. The summed E-state index contributed by atoms with van der Waals surface area (Å²) in [5, 5.41) is 0. The third-order valence-corrected chi connectivity index (χ3v) is 11.8. The van der Waals surface area contributed by atoms with Crippen LogP contribution in [0, 0.1) is 0 Å². The second kappa shape index (κ2) is 53.0. The molecule has 2 nitrogen and oxygen atoms in total. The van der Waals surface area contributed by atoms with Gasteiger partial charge in [0.2, 0.25) is 0 Å². The average Bonchev–Trinajstić information content (AvgIpc) is 3.16. The van der Waals surface area contributed by atoms with E-state index < -0.39 is 0 Å². The Morgan fingerprint density at radius 3 is 0.462 bits per heavy atom. The third-order valence-electron chi connectivity index (χ3n) is 11.8. The molecule has 0 aliphatic heterocycles. The molecule has 0 atom stereocenters. The van der Waals surface area contributed by atoms with Crippen LogP contribution in [0.2, 0.25) is 0 Å². The maximum Gasteiger partial charge on any atom is -0.00218 e. The van der Waals surface area contributed by atoms with Gasteiger partial charge in [-0.25, -0.2) is 0 Å². The lowest BCUT2D eigenvalue weighted by atomic mass is 10.0. The van der Waals surface area contributed by atoms with Gasteiger partial charge in [-0.15, -0.1) is 0 Å². The van der Waals surface area contributed by atoms with Crippen LogP contribution in [0.15, 0.2) is 0 Å². The molecule has 0 saturated heterocycles. The Morgan fingerprint density at radius 1 is 0.212 bits per heavy atom. The summed E-state index contributed by atoms with van der Waals surface area (Å²) in [6.45, 7) is 7.26. The summed E-state index contributed by atoms with van der Waals surface area (Å²) in [5.74, 6) is 0. The van der Waals surface area contributed by atoms with Gasteiger partial charge in [-0.1, -0.05) is 284 Å². The molecular formula is C50H106N2. The zero-order valence-electron chi connectivity index (χ0n) is 37.6. The molecule has 0 saturated carbocycles. The Bertz CT molecular complexity index is 514. The fourth-order valence-electron chi connectivity index (χ4n) is 8.09. The van der Waals surface area contributed by atoms with Crippen molar-refractivity contribution in [3.63, 3.8) is 0 Å². The molecule has 0 heterocycles. The standard InChI is InChI=1S/C49H101N.CH5N/c1-4-6-8-10-12-14-16-18-20-22-24-26-28-30-32-34-36-38-40-42-44-46-48-50(3)49-47-45-43-41-39-37-35-33-31-29-27-25-23-21-19-17-15-13-11-9-7-5-2;1-2/h4-49H2,1-3H3;2H2,1H3. The molecule has 0 aliphatic carbocycles. The number of hydrogen-bond acceptors (Lipinski definition) is 2. The van der Waals surface area contributed by atoms with Gasteiger partial charge in [-0.2, -0.15) is 0 Å². The fraction of sp³-hybridized carbons (Fsp3) is 1.00. The van der Waals surface area contributed by atoms with Gasteiger partial charge in [0.05, 0.1) is 0 Å². The van der Waals surface area contributed by atoms with Crippen LogP contribution in [-0.2, 0) is 0 Å². The molecule has 0 spiro atoms. The van der Waals surface area contributed by atoms with E-state index in [0.29, 0.717) is 0 Å². The molecule has 0 rings (SSSR count). The van der Waals surface area contributed by atoms with Gasteiger partial charge in [-0.05, 0) is 40.0 Å². The third kappa shape index (κ3) is 52.0. The monoisotopic (exact) mass is 735 g/mol. The van der Waals surface area contributed by atoms with Gasteiger partial charge >= 0.3 is 0 Å². The predicted molar refractivity (Wildman–Crippen MR) is 242 cm³/mol. The van der Waals surface area contributed by atoms with Crippen LogP contribution in [0.3, 0.4) is 0 Å². The smallest absolute Gasteiger partial charge is 0.00218 e. The Kier molecular flexibility index (Phi) is 55.1. The van der Waals surface area contributed by atoms with Crippen molar-refractivity contribution in [1.82, 2.24) is 4.90 Å². The molecular weight excluding hydrogens is 629 g/mol. The summed E-state index contributed by atoms with van der Waals surface area (Å²) >= 11 is 0. The lowest BCUT2D eigenvalue weighted by Crippen LogP contribution is -2.20. The van der Waals surface area contributed by atoms with E-state index in [1.807, 2.05) is 0 Å². The van der Waals surface area contributed by atoms with Crippen LogP contribution in [0.5, 0.6) is 0 Å². The van der Waals surface area contributed by atoms with E-state index in [9.17, 15) is 0 Å². The van der Waals surface area contributed by atoms with Crippen molar-refractivity contribution in [2.75, 3.05) is 27.2 Å². The number of nitrogens with two attached hydrogens (primary N) is 1. The van der Waals surface area contributed by atoms with E-state index in [0.717, 1.165) is 0 Å². The molecule has 0 aromatic carbocycles.